The minimum absolute atomic E-state index is 0.00729. The first-order chi connectivity index (χ1) is 9.79. The molecule has 0 saturated heterocycles. The van der Waals surface area contributed by atoms with Crippen molar-refractivity contribution >= 4 is 11.6 Å². The van der Waals surface area contributed by atoms with Crippen LogP contribution in [0.3, 0.4) is 0 Å². The monoisotopic (exact) mass is 293 g/mol. The molecule has 1 aromatic carbocycles. The summed E-state index contributed by atoms with van der Waals surface area (Å²) in [5, 5.41) is 10.6. The molecule has 0 aliphatic heterocycles. The van der Waals surface area contributed by atoms with Crippen molar-refractivity contribution in [1.29, 1.82) is 0 Å². The van der Waals surface area contributed by atoms with Crippen molar-refractivity contribution in [2.45, 2.75) is 27.2 Å². The average Bonchev–Trinajstić information content (AvgIpc) is 2.45. The number of nitro groups is 1. The molecule has 0 aliphatic rings. The van der Waals surface area contributed by atoms with Crippen LogP contribution in [-0.2, 0) is 11.2 Å². The lowest BCUT2D eigenvalue weighted by atomic mass is 9.93. The number of amides is 1. The number of hydrogen-bond donors (Lipinski definition) is 1. The Hall–Kier alpha value is -1.95. The number of nitrogens with zero attached hydrogens (tertiary/aromatic N) is 2. The largest absolute Gasteiger partial charge is 0.342 e. The van der Waals surface area contributed by atoms with Gasteiger partial charge in [0.1, 0.15) is 0 Å². The standard InChI is InChI=1S/C15H23N3O3/c1-4-17(11-15(2,3)10-16)14(19)9-12-5-7-13(8-6-12)18(20)21/h5-8H,4,9-11,16H2,1-3H3. The number of carbonyl (C=O) groups excluding carboxylic acids is 1. The number of benzene rings is 1. The van der Waals surface area contributed by atoms with E-state index in [9.17, 15) is 14.9 Å². The Morgan fingerprint density at radius 1 is 1.33 bits per heavy atom. The third-order valence-corrected chi connectivity index (χ3v) is 3.41. The minimum Gasteiger partial charge on any atom is -0.342 e. The zero-order valence-corrected chi connectivity index (χ0v) is 12.8. The van der Waals surface area contributed by atoms with Crippen LogP contribution >= 0.6 is 0 Å². The molecule has 0 aliphatic carbocycles. The molecule has 0 saturated carbocycles. The lowest BCUT2D eigenvalue weighted by molar-refractivity contribution is -0.384. The molecule has 0 unspecified atom stereocenters. The molecule has 0 aromatic heterocycles. The summed E-state index contributed by atoms with van der Waals surface area (Å²) < 4.78 is 0. The molecule has 2 N–H and O–H groups in total. The van der Waals surface area contributed by atoms with Crippen molar-refractivity contribution in [2.75, 3.05) is 19.6 Å². The molecule has 1 amide bonds. The number of non-ortho nitro benzene ring substituents is 1. The number of hydrogen-bond acceptors (Lipinski definition) is 4. The summed E-state index contributed by atoms with van der Waals surface area (Å²) in [6, 6.07) is 6.08. The Bertz CT molecular complexity index is 497. The third-order valence-electron chi connectivity index (χ3n) is 3.41. The van der Waals surface area contributed by atoms with Gasteiger partial charge in [-0.25, -0.2) is 0 Å². The zero-order valence-electron chi connectivity index (χ0n) is 12.8. The molecule has 1 rings (SSSR count). The van der Waals surface area contributed by atoms with Crippen molar-refractivity contribution in [3.63, 3.8) is 0 Å². The zero-order chi connectivity index (χ0) is 16.0. The van der Waals surface area contributed by atoms with Crippen LogP contribution in [0.2, 0.25) is 0 Å². The van der Waals surface area contributed by atoms with E-state index in [4.69, 9.17) is 5.73 Å². The Balaban J connectivity index is 2.71. The molecule has 0 heterocycles. The van der Waals surface area contributed by atoms with Crippen LogP contribution < -0.4 is 5.73 Å². The van der Waals surface area contributed by atoms with Crippen LogP contribution in [0.25, 0.3) is 0 Å². The molecule has 116 valence electrons. The van der Waals surface area contributed by atoms with Gasteiger partial charge in [0.15, 0.2) is 0 Å². The smallest absolute Gasteiger partial charge is 0.269 e. The van der Waals surface area contributed by atoms with Gasteiger partial charge >= 0.3 is 0 Å². The summed E-state index contributed by atoms with van der Waals surface area (Å²) >= 11 is 0. The number of likely N-dealkylation sites (N-methyl/N-ethyl adjacent to an activating group) is 1. The molecule has 6 nitrogen and oxygen atoms in total. The van der Waals surface area contributed by atoms with Crippen LogP contribution in [0.1, 0.15) is 26.3 Å². The first-order valence-corrected chi connectivity index (χ1v) is 7.00. The maximum atomic E-state index is 12.3. The van der Waals surface area contributed by atoms with Crippen molar-refractivity contribution in [3.8, 4) is 0 Å². The maximum Gasteiger partial charge on any atom is 0.269 e. The fraction of sp³-hybridized carbons (Fsp3) is 0.533. The summed E-state index contributed by atoms with van der Waals surface area (Å²) in [5.41, 5.74) is 6.38. The summed E-state index contributed by atoms with van der Waals surface area (Å²) in [5.74, 6) is 0.00729. The summed E-state index contributed by atoms with van der Waals surface area (Å²) in [4.78, 5) is 24.2. The van der Waals surface area contributed by atoms with Gasteiger partial charge < -0.3 is 10.6 Å². The second-order valence-corrected chi connectivity index (χ2v) is 5.88. The molecular formula is C15H23N3O3. The minimum atomic E-state index is -0.451. The molecule has 6 heteroatoms. The highest BCUT2D eigenvalue weighted by Crippen LogP contribution is 2.17. The van der Waals surface area contributed by atoms with Crippen LogP contribution in [0, 0.1) is 15.5 Å². The van der Waals surface area contributed by atoms with E-state index in [2.05, 4.69) is 0 Å². The van der Waals surface area contributed by atoms with E-state index < -0.39 is 4.92 Å². The van der Waals surface area contributed by atoms with Crippen molar-refractivity contribution in [1.82, 2.24) is 4.90 Å². The summed E-state index contributed by atoms with van der Waals surface area (Å²) in [7, 11) is 0. The van der Waals surface area contributed by atoms with Crippen LogP contribution in [0.5, 0.6) is 0 Å². The first kappa shape index (κ1) is 17.1. The predicted molar refractivity (Wildman–Crippen MR) is 81.9 cm³/mol. The molecule has 0 fully saturated rings. The Labute approximate surface area is 125 Å². The highest BCUT2D eigenvalue weighted by atomic mass is 16.6. The average molecular weight is 293 g/mol. The second kappa shape index (κ2) is 7.17. The van der Waals surface area contributed by atoms with E-state index in [0.717, 1.165) is 5.56 Å². The Kier molecular flexibility index (Phi) is 5.84. The molecule has 21 heavy (non-hydrogen) atoms. The third kappa shape index (κ3) is 5.15. The molecule has 0 radical (unpaired) electrons. The van der Waals surface area contributed by atoms with Gasteiger partial charge in [-0.15, -0.1) is 0 Å². The van der Waals surface area contributed by atoms with E-state index in [1.807, 2.05) is 20.8 Å². The molecular weight excluding hydrogens is 270 g/mol. The fourth-order valence-corrected chi connectivity index (χ4v) is 1.98. The lowest BCUT2D eigenvalue weighted by Gasteiger charge is -2.31. The summed E-state index contributed by atoms with van der Waals surface area (Å²) in [6.07, 6.45) is 0.243. The van der Waals surface area contributed by atoms with Crippen LogP contribution in [0.4, 0.5) is 5.69 Å². The van der Waals surface area contributed by atoms with Gasteiger partial charge in [-0.1, -0.05) is 26.0 Å². The van der Waals surface area contributed by atoms with E-state index in [1.54, 1.807) is 17.0 Å². The number of nitro benzene ring substituents is 1. The highest BCUT2D eigenvalue weighted by molar-refractivity contribution is 5.78. The summed E-state index contributed by atoms with van der Waals surface area (Å²) in [6.45, 7) is 7.71. The van der Waals surface area contributed by atoms with E-state index in [1.165, 1.54) is 12.1 Å². The Morgan fingerprint density at radius 2 is 1.90 bits per heavy atom. The highest BCUT2D eigenvalue weighted by Gasteiger charge is 2.22. The molecule has 0 bridgehead atoms. The van der Waals surface area contributed by atoms with Crippen molar-refractivity contribution in [2.24, 2.45) is 11.1 Å². The van der Waals surface area contributed by atoms with Crippen molar-refractivity contribution in [3.05, 3.63) is 39.9 Å². The van der Waals surface area contributed by atoms with E-state index >= 15 is 0 Å². The van der Waals surface area contributed by atoms with Gasteiger partial charge in [0.25, 0.3) is 5.69 Å². The van der Waals surface area contributed by atoms with Gasteiger partial charge in [0.05, 0.1) is 11.3 Å². The van der Waals surface area contributed by atoms with Gasteiger partial charge in [-0.05, 0) is 24.4 Å². The number of rotatable bonds is 7. The maximum absolute atomic E-state index is 12.3. The van der Waals surface area contributed by atoms with Gasteiger partial charge in [0.2, 0.25) is 5.91 Å². The van der Waals surface area contributed by atoms with Gasteiger partial charge in [-0.3, -0.25) is 14.9 Å². The molecule has 1 aromatic rings. The van der Waals surface area contributed by atoms with E-state index in [0.29, 0.717) is 19.6 Å². The molecule has 0 atom stereocenters. The molecule has 0 spiro atoms. The number of nitrogens with two attached hydrogens (primary N) is 1. The topological polar surface area (TPSA) is 89.5 Å². The van der Waals surface area contributed by atoms with Crippen LogP contribution in [-0.4, -0.2) is 35.4 Å². The van der Waals surface area contributed by atoms with Gasteiger partial charge in [0, 0.05) is 25.2 Å². The Morgan fingerprint density at radius 3 is 2.33 bits per heavy atom. The van der Waals surface area contributed by atoms with Crippen molar-refractivity contribution < 1.29 is 9.72 Å². The lowest BCUT2D eigenvalue weighted by Crippen LogP contribution is -2.42. The predicted octanol–water partition coefficient (Wildman–Crippen LogP) is 1.97. The first-order valence-electron chi connectivity index (χ1n) is 7.00. The normalized spacial score (nSPS) is 11.2. The number of carbonyl (C=O) groups is 1. The van der Waals surface area contributed by atoms with E-state index in [-0.39, 0.29) is 23.4 Å². The fourth-order valence-electron chi connectivity index (χ4n) is 1.98. The second-order valence-electron chi connectivity index (χ2n) is 5.88. The van der Waals surface area contributed by atoms with Crippen LogP contribution in [0.15, 0.2) is 24.3 Å². The SMILES string of the molecule is CCN(CC(C)(C)CN)C(=O)Cc1ccc([N+](=O)[O-])cc1. The quantitative estimate of drug-likeness (QED) is 0.614. The van der Waals surface area contributed by atoms with Gasteiger partial charge in [-0.2, -0.15) is 0 Å².